The number of carbonyl (C=O) groups excluding carboxylic acids is 3. The Morgan fingerprint density at radius 1 is 1.03 bits per heavy atom. The van der Waals surface area contributed by atoms with Crippen LogP contribution in [-0.2, 0) is 16.1 Å². The van der Waals surface area contributed by atoms with Crippen LogP contribution in [0.25, 0.3) is 11.0 Å². The van der Waals surface area contributed by atoms with Crippen molar-refractivity contribution in [3.63, 3.8) is 0 Å². The maximum atomic E-state index is 13.1. The molecule has 0 bridgehead atoms. The van der Waals surface area contributed by atoms with Crippen molar-refractivity contribution in [1.29, 1.82) is 0 Å². The average Bonchev–Trinajstić information content (AvgIpc) is 3.00. The highest BCUT2D eigenvalue weighted by Gasteiger charge is 2.43. The minimum absolute atomic E-state index is 0.0267. The van der Waals surface area contributed by atoms with Crippen LogP contribution < -0.4 is 5.63 Å². The highest BCUT2D eigenvalue weighted by atomic mass is 79.9. The molecule has 0 aliphatic carbocycles. The minimum Gasteiger partial charge on any atom is -0.459 e. The lowest BCUT2D eigenvalue weighted by Crippen LogP contribution is -2.46. The molecule has 0 saturated carbocycles. The van der Waals surface area contributed by atoms with E-state index in [9.17, 15) is 19.2 Å². The molecule has 32 heavy (non-hydrogen) atoms. The number of hydrogen-bond acceptors (Lipinski definition) is 6. The Labute approximate surface area is 192 Å². The predicted octanol–water partition coefficient (Wildman–Crippen LogP) is 4.31. The number of esters is 1. The van der Waals surface area contributed by atoms with Crippen LogP contribution >= 0.6 is 15.9 Å². The third kappa shape index (κ3) is 4.10. The van der Waals surface area contributed by atoms with E-state index in [1.807, 2.05) is 13.8 Å². The molecule has 0 saturated heterocycles. The second kappa shape index (κ2) is 8.70. The predicted molar refractivity (Wildman–Crippen MR) is 120 cm³/mol. The SMILES string of the molecule is CC(C)CC(C(=O)OCc1cc(=O)oc2cc(Br)ccc12)N1C(=O)c2ccccc2C1=O. The van der Waals surface area contributed by atoms with E-state index >= 15 is 0 Å². The molecule has 4 rings (SSSR count). The van der Waals surface area contributed by atoms with Gasteiger partial charge in [0, 0.05) is 21.5 Å². The molecular formula is C24H20BrNO6. The first-order valence-corrected chi connectivity index (χ1v) is 10.9. The van der Waals surface area contributed by atoms with E-state index in [1.54, 1.807) is 42.5 Å². The van der Waals surface area contributed by atoms with Crippen LogP contribution in [0.15, 0.2) is 62.2 Å². The third-order valence-electron chi connectivity index (χ3n) is 5.27. The fourth-order valence-corrected chi connectivity index (χ4v) is 4.15. The Kier molecular flexibility index (Phi) is 5.97. The van der Waals surface area contributed by atoms with E-state index in [2.05, 4.69) is 15.9 Å². The summed E-state index contributed by atoms with van der Waals surface area (Å²) < 4.78 is 11.5. The van der Waals surface area contributed by atoms with Crippen molar-refractivity contribution in [3.8, 4) is 0 Å². The lowest BCUT2D eigenvalue weighted by Gasteiger charge is -2.26. The molecule has 0 spiro atoms. The van der Waals surface area contributed by atoms with Crippen molar-refractivity contribution in [1.82, 2.24) is 4.90 Å². The van der Waals surface area contributed by atoms with Gasteiger partial charge in [-0.3, -0.25) is 14.5 Å². The zero-order valence-electron chi connectivity index (χ0n) is 17.5. The molecule has 7 nitrogen and oxygen atoms in total. The van der Waals surface area contributed by atoms with Crippen molar-refractivity contribution in [2.75, 3.05) is 0 Å². The summed E-state index contributed by atoms with van der Waals surface area (Å²) in [6, 6.07) is 11.9. The minimum atomic E-state index is -1.07. The van der Waals surface area contributed by atoms with Gasteiger partial charge in [-0.1, -0.05) is 41.9 Å². The van der Waals surface area contributed by atoms with E-state index in [4.69, 9.17) is 9.15 Å². The Morgan fingerprint density at radius 3 is 2.31 bits per heavy atom. The van der Waals surface area contributed by atoms with Gasteiger partial charge in [0.15, 0.2) is 0 Å². The number of benzene rings is 2. The van der Waals surface area contributed by atoms with E-state index in [0.29, 0.717) is 16.5 Å². The van der Waals surface area contributed by atoms with Crippen molar-refractivity contribution in [3.05, 3.63) is 80.1 Å². The largest absolute Gasteiger partial charge is 0.459 e. The van der Waals surface area contributed by atoms with Crippen LogP contribution in [0.4, 0.5) is 0 Å². The Bertz CT molecular complexity index is 1260. The molecule has 1 unspecified atom stereocenters. The summed E-state index contributed by atoms with van der Waals surface area (Å²) in [5, 5.41) is 0.627. The van der Waals surface area contributed by atoms with Crippen molar-refractivity contribution in [2.45, 2.75) is 32.9 Å². The van der Waals surface area contributed by atoms with Crippen LogP contribution in [0.5, 0.6) is 0 Å². The fraction of sp³-hybridized carbons (Fsp3) is 0.250. The molecular weight excluding hydrogens is 478 g/mol. The van der Waals surface area contributed by atoms with Crippen molar-refractivity contribution < 1.29 is 23.5 Å². The first-order chi connectivity index (χ1) is 15.3. The Morgan fingerprint density at radius 2 is 1.69 bits per heavy atom. The number of hydrogen-bond donors (Lipinski definition) is 0. The molecule has 2 amide bonds. The van der Waals surface area contributed by atoms with Gasteiger partial charge in [0.05, 0.1) is 11.1 Å². The second-order valence-corrected chi connectivity index (χ2v) is 8.93. The van der Waals surface area contributed by atoms with E-state index in [-0.39, 0.29) is 30.1 Å². The Balaban J connectivity index is 1.61. The van der Waals surface area contributed by atoms with Gasteiger partial charge in [-0.05, 0) is 42.7 Å². The van der Waals surface area contributed by atoms with Gasteiger partial charge < -0.3 is 9.15 Å². The van der Waals surface area contributed by atoms with Crippen LogP contribution in [0.1, 0.15) is 46.5 Å². The summed E-state index contributed by atoms with van der Waals surface area (Å²) in [6.07, 6.45) is 0.259. The number of ether oxygens (including phenoxy) is 1. The number of carbonyl (C=O) groups is 3. The van der Waals surface area contributed by atoms with Gasteiger partial charge in [0.2, 0.25) is 0 Å². The summed E-state index contributed by atoms with van der Waals surface area (Å²) in [5.74, 6) is -1.70. The number of fused-ring (bicyclic) bond motifs is 2. The van der Waals surface area contributed by atoms with Gasteiger partial charge in [0.25, 0.3) is 11.8 Å². The highest BCUT2D eigenvalue weighted by Crippen LogP contribution is 2.28. The normalized spacial score (nSPS) is 14.2. The maximum absolute atomic E-state index is 13.1. The second-order valence-electron chi connectivity index (χ2n) is 8.01. The van der Waals surface area contributed by atoms with Crippen molar-refractivity contribution >= 4 is 44.7 Å². The summed E-state index contributed by atoms with van der Waals surface area (Å²) in [7, 11) is 0. The summed E-state index contributed by atoms with van der Waals surface area (Å²) >= 11 is 3.33. The molecule has 0 radical (unpaired) electrons. The smallest absolute Gasteiger partial charge is 0.336 e. The van der Waals surface area contributed by atoms with E-state index < -0.39 is 29.5 Å². The van der Waals surface area contributed by atoms with Crippen molar-refractivity contribution in [2.24, 2.45) is 5.92 Å². The molecule has 0 fully saturated rings. The molecule has 2 heterocycles. The molecule has 1 aromatic heterocycles. The van der Waals surface area contributed by atoms with Gasteiger partial charge >= 0.3 is 11.6 Å². The van der Waals surface area contributed by atoms with Crippen LogP contribution in [0.2, 0.25) is 0 Å². The number of rotatable bonds is 6. The quantitative estimate of drug-likeness (QED) is 0.286. The van der Waals surface area contributed by atoms with Crippen LogP contribution in [0, 0.1) is 5.92 Å². The lowest BCUT2D eigenvalue weighted by atomic mass is 10.0. The monoisotopic (exact) mass is 497 g/mol. The zero-order chi connectivity index (χ0) is 23.0. The first kappa shape index (κ1) is 22.0. The summed E-state index contributed by atoms with van der Waals surface area (Å²) in [5.41, 5.74) is 0.813. The topological polar surface area (TPSA) is 93.9 Å². The summed E-state index contributed by atoms with van der Waals surface area (Å²) in [6.45, 7) is 3.60. The van der Waals surface area contributed by atoms with Crippen LogP contribution in [0.3, 0.4) is 0 Å². The molecule has 1 aliphatic heterocycles. The third-order valence-corrected chi connectivity index (χ3v) is 5.76. The maximum Gasteiger partial charge on any atom is 0.336 e. The Hall–Kier alpha value is -3.26. The fourth-order valence-electron chi connectivity index (χ4n) is 3.81. The number of imide groups is 1. The van der Waals surface area contributed by atoms with E-state index in [0.717, 1.165) is 9.37 Å². The van der Waals surface area contributed by atoms with Gasteiger partial charge in [-0.25, -0.2) is 9.59 Å². The van der Waals surface area contributed by atoms with Crippen LogP contribution in [-0.4, -0.2) is 28.7 Å². The zero-order valence-corrected chi connectivity index (χ0v) is 19.0. The molecule has 3 aromatic rings. The number of halogens is 1. The van der Waals surface area contributed by atoms with Gasteiger partial charge in [-0.2, -0.15) is 0 Å². The average molecular weight is 498 g/mol. The highest BCUT2D eigenvalue weighted by molar-refractivity contribution is 9.10. The molecule has 8 heteroatoms. The molecule has 2 aromatic carbocycles. The summed E-state index contributed by atoms with van der Waals surface area (Å²) in [4.78, 5) is 51.8. The molecule has 1 atom stereocenters. The van der Waals surface area contributed by atoms with Gasteiger partial charge in [0.1, 0.15) is 18.2 Å². The number of nitrogens with zero attached hydrogens (tertiary/aromatic N) is 1. The standard InChI is InChI=1S/C24H20BrNO6/c1-13(2)9-19(26-22(28)17-5-3-4-6-18(17)23(26)29)24(30)31-12-14-10-21(27)32-20-11-15(25)7-8-16(14)20/h3-8,10-11,13,19H,9,12H2,1-2H3. The molecule has 0 N–H and O–H groups in total. The van der Waals surface area contributed by atoms with E-state index in [1.165, 1.54) is 6.07 Å². The lowest BCUT2D eigenvalue weighted by molar-refractivity contribution is -0.150. The number of amides is 2. The molecule has 164 valence electrons. The first-order valence-electron chi connectivity index (χ1n) is 10.1. The molecule has 1 aliphatic rings. The van der Waals surface area contributed by atoms with Gasteiger partial charge in [-0.15, -0.1) is 0 Å².